The third-order valence-corrected chi connectivity index (χ3v) is 4.82. The van der Waals surface area contributed by atoms with Crippen molar-refractivity contribution in [1.82, 2.24) is 10.1 Å². The molecule has 0 bridgehead atoms. The largest absolute Gasteiger partial charge is 0.369 e. The molecule has 4 nitrogen and oxygen atoms in total. The van der Waals surface area contributed by atoms with Crippen molar-refractivity contribution in [3.05, 3.63) is 71.4 Å². The van der Waals surface area contributed by atoms with E-state index in [-0.39, 0.29) is 0 Å². The maximum Gasteiger partial charge on any atom is 0.151 e. The second-order valence-corrected chi connectivity index (χ2v) is 6.72. The van der Waals surface area contributed by atoms with Crippen molar-refractivity contribution in [2.45, 2.75) is 6.54 Å². The molecule has 128 valence electrons. The van der Waals surface area contributed by atoms with Crippen molar-refractivity contribution in [3.8, 4) is 11.3 Å². The third kappa shape index (κ3) is 3.86. The first kappa shape index (κ1) is 16.2. The van der Waals surface area contributed by atoms with Crippen molar-refractivity contribution in [1.29, 1.82) is 0 Å². The maximum atomic E-state index is 5.93. The van der Waals surface area contributed by atoms with Crippen LogP contribution in [0.3, 0.4) is 0 Å². The highest BCUT2D eigenvalue weighted by Gasteiger charge is 2.18. The number of nitrogens with zero attached hydrogens (tertiary/aromatic N) is 3. The highest BCUT2D eigenvalue weighted by molar-refractivity contribution is 6.30. The topological polar surface area (TPSA) is 32.5 Å². The number of hydrogen-bond donors (Lipinski definition) is 0. The molecule has 0 N–H and O–H groups in total. The van der Waals surface area contributed by atoms with Crippen LogP contribution in [0.5, 0.6) is 0 Å². The van der Waals surface area contributed by atoms with Crippen molar-refractivity contribution in [2.75, 3.05) is 31.1 Å². The average Bonchev–Trinajstić information content (AvgIpc) is 3.12. The molecule has 0 radical (unpaired) electrons. The summed E-state index contributed by atoms with van der Waals surface area (Å²) >= 11 is 5.93. The predicted octanol–water partition coefficient (Wildman–Crippen LogP) is 4.32. The Bertz CT molecular complexity index is 808. The second-order valence-electron chi connectivity index (χ2n) is 6.28. The summed E-state index contributed by atoms with van der Waals surface area (Å²) < 4.78 is 5.53. The van der Waals surface area contributed by atoms with E-state index in [0.717, 1.165) is 54.8 Å². The Labute approximate surface area is 152 Å². The summed E-state index contributed by atoms with van der Waals surface area (Å²) in [7, 11) is 0. The Morgan fingerprint density at radius 1 is 0.920 bits per heavy atom. The highest BCUT2D eigenvalue weighted by atomic mass is 35.5. The van der Waals surface area contributed by atoms with Crippen molar-refractivity contribution in [2.24, 2.45) is 0 Å². The van der Waals surface area contributed by atoms with Crippen LogP contribution in [0.1, 0.15) is 5.76 Å². The van der Waals surface area contributed by atoms with Crippen molar-refractivity contribution < 1.29 is 4.52 Å². The number of halogens is 1. The lowest BCUT2D eigenvalue weighted by Crippen LogP contribution is -2.45. The molecule has 0 aliphatic carbocycles. The van der Waals surface area contributed by atoms with Crippen LogP contribution in [0, 0.1) is 0 Å². The summed E-state index contributed by atoms with van der Waals surface area (Å²) in [4.78, 5) is 4.83. The van der Waals surface area contributed by atoms with E-state index in [4.69, 9.17) is 16.1 Å². The number of benzene rings is 2. The number of rotatable bonds is 4. The van der Waals surface area contributed by atoms with Gasteiger partial charge < -0.3 is 9.42 Å². The smallest absolute Gasteiger partial charge is 0.151 e. The van der Waals surface area contributed by atoms with Gasteiger partial charge in [-0.3, -0.25) is 4.90 Å². The quantitative estimate of drug-likeness (QED) is 0.699. The molecule has 1 aliphatic rings. The molecule has 3 aromatic rings. The standard InChI is InChI=1S/C20H20ClN3O/c21-17-8-6-16(7-9-17)20-14-19(25-22-20)15-23-10-12-24(13-11-23)18-4-2-1-3-5-18/h1-9,14H,10-13,15H2. The number of para-hydroxylation sites is 1. The number of piperazine rings is 1. The van der Waals surface area contributed by atoms with Crippen LogP contribution in [0.4, 0.5) is 5.69 Å². The van der Waals surface area contributed by atoms with Crippen LogP contribution in [-0.4, -0.2) is 36.2 Å². The van der Waals surface area contributed by atoms with Gasteiger partial charge in [0.1, 0.15) is 5.69 Å². The Balaban J connectivity index is 1.35. The fourth-order valence-corrected chi connectivity index (χ4v) is 3.29. The van der Waals surface area contributed by atoms with E-state index < -0.39 is 0 Å². The minimum absolute atomic E-state index is 0.726. The molecule has 2 heterocycles. The number of anilines is 1. The van der Waals surface area contributed by atoms with E-state index >= 15 is 0 Å². The van der Waals surface area contributed by atoms with Crippen molar-refractivity contribution in [3.63, 3.8) is 0 Å². The lowest BCUT2D eigenvalue weighted by molar-refractivity contribution is 0.220. The van der Waals surface area contributed by atoms with Gasteiger partial charge in [0.15, 0.2) is 5.76 Å². The highest BCUT2D eigenvalue weighted by Crippen LogP contribution is 2.22. The van der Waals surface area contributed by atoms with Crippen LogP contribution in [0.15, 0.2) is 65.2 Å². The molecule has 2 aromatic carbocycles. The van der Waals surface area contributed by atoms with Crippen LogP contribution in [-0.2, 0) is 6.54 Å². The summed E-state index contributed by atoms with van der Waals surface area (Å²) in [6.45, 7) is 4.89. The Hall–Kier alpha value is -2.30. The lowest BCUT2D eigenvalue weighted by atomic mass is 10.1. The van der Waals surface area contributed by atoms with Crippen LogP contribution in [0.2, 0.25) is 5.02 Å². The van der Waals surface area contributed by atoms with Crippen LogP contribution < -0.4 is 4.90 Å². The Morgan fingerprint density at radius 3 is 2.36 bits per heavy atom. The van der Waals surface area contributed by atoms with Gasteiger partial charge in [0.2, 0.25) is 0 Å². The fraction of sp³-hybridized carbons (Fsp3) is 0.250. The van der Waals surface area contributed by atoms with Crippen LogP contribution in [0.25, 0.3) is 11.3 Å². The lowest BCUT2D eigenvalue weighted by Gasteiger charge is -2.35. The molecule has 25 heavy (non-hydrogen) atoms. The minimum atomic E-state index is 0.726. The van der Waals surface area contributed by atoms with Gasteiger partial charge in [-0.25, -0.2) is 0 Å². The minimum Gasteiger partial charge on any atom is -0.369 e. The van der Waals surface area contributed by atoms with E-state index in [1.807, 2.05) is 30.3 Å². The summed E-state index contributed by atoms with van der Waals surface area (Å²) in [5, 5.41) is 4.91. The van der Waals surface area contributed by atoms with Gasteiger partial charge in [0.25, 0.3) is 0 Å². The molecule has 0 saturated carbocycles. The summed E-state index contributed by atoms with van der Waals surface area (Å²) in [5.41, 5.74) is 3.18. The molecular formula is C20H20ClN3O. The monoisotopic (exact) mass is 353 g/mol. The summed E-state index contributed by atoms with van der Waals surface area (Å²) in [6.07, 6.45) is 0. The first-order chi connectivity index (χ1) is 12.3. The van der Waals surface area contributed by atoms with Gasteiger partial charge in [-0.05, 0) is 24.3 Å². The van der Waals surface area contributed by atoms with E-state index in [1.54, 1.807) is 0 Å². The van der Waals surface area contributed by atoms with E-state index in [0.29, 0.717) is 0 Å². The zero-order valence-corrected chi connectivity index (χ0v) is 14.7. The third-order valence-electron chi connectivity index (χ3n) is 4.57. The Kier molecular flexibility index (Phi) is 4.72. The molecule has 4 rings (SSSR count). The van der Waals surface area contributed by atoms with Crippen molar-refractivity contribution >= 4 is 17.3 Å². The number of hydrogen-bond acceptors (Lipinski definition) is 4. The van der Waals surface area contributed by atoms with Crippen LogP contribution >= 0.6 is 11.6 Å². The molecule has 0 amide bonds. The average molecular weight is 354 g/mol. The summed E-state index contributed by atoms with van der Waals surface area (Å²) in [6, 6.07) is 20.3. The zero-order chi connectivity index (χ0) is 17.1. The fourth-order valence-electron chi connectivity index (χ4n) is 3.17. The molecule has 0 spiro atoms. The molecule has 5 heteroatoms. The molecular weight excluding hydrogens is 334 g/mol. The van der Waals surface area contributed by atoms with E-state index in [1.165, 1.54) is 5.69 Å². The van der Waals surface area contributed by atoms with Gasteiger partial charge in [-0.1, -0.05) is 47.1 Å². The van der Waals surface area contributed by atoms with Gasteiger partial charge in [0, 0.05) is 48.5 Å². The molecule has 1 saturated heterocycles. The van der Waals surface area contributed by atoms with E-state index in [9.17, 15) is 0 Å². The normalized spacial score (nSPS) is 15.5. The molecule has 1 aliphatic heterocycles. The van der Waals surface area contributed by atoms with Gasteiger partial charge in [-0.2, -0.15) is 0 Å². The SMILES string of the molecule is Clc1ccc(-c2cc(CN3CCN(c4ccccc4)CC3)on2)cc1. The molecule has 1 aromatic heterocycles. The zero-order valence-electron chi connectivity index (χ0n) is 13.9. The van der Waals surface area contributed by atoms with Gasteiger partial charge in [-0.15, -0.1) is 0 Å². The summed E-state index contributed by atoms with van der Waals surface area (Å²) in [5.74, 6) is 0.901. The molecule has 0 atom stereocenters. The number of aromatic nitrogens is 1. The first-order valence-corrected chi connectivity index (χ1v) is 8.89. The maximum absolute atomic E-state index is 5.93. The Morgan fingerprint density at radius 2 is 1.64 bits per heavy atom. The van der Waals surface area contributed by atoms with Gasteiger partial charge >= 0.3 is 0 Å². The van der Waals surface area contributed by atoms with Gasteiger partial charge in [0.05, 0.1) is 6.54 Å². The first-order valence-electron chi connectivity index (χ1n) is 8.52. The second kappa shape index (κ2) is 7.30. The predicted molar refractivity (Wildman–Crippen MR) is 101 cm³/mol. The van der Waals surface area contributed by atoms with E-state index in [2.05, 4.69) is 45.3 Å². The molecule has 1 fully saturated rings. The molecule has 0 unspecified atom stereocenters.